The van der Waals surface area contributed by atoms with E-state index >= 15 is 0 Å². The number of rotatable bonds is 6. The number of aryl methyl sites for hydroxylation is 1. The number of hydrogen-bond donors (Lipinski definition) is 1. The number of carbonyl (C=O) groups is 1. The fraction of sp³-hybridized carbons (Fsp3) is 0.714. The van der Waals surface area contributed by atoms with Crippen LogP contribution in [0, 0.1) is 18.8 Å². The molecular formula is C14H22N2OS. The highest BCUT2D eigenvalue weighted by Crippen LogP contribution is 2.42. The third kappa shape index (κ3) is 3.31. The second-order valence-electron chi connectivity index (χ2n) is 5.34. The summed E-state index contributed by atoms with van der Waals surface area (Å²) in [6.07, 6.45) is 4.44. The third-order valence-corrected chi connectivity index (χ3v) is 4.51. The molecule has 0 aliphatic heterocycles. The van der Waals surface area contributed by atoms with Gasteiger partial charge in [-0.2, -0.15) is 0 Å². The molecular weight excluding hydrogens is 244 g/mol. The van der Waals surface area contributed by atoms with Crippen molar-refractivity contribution in [1.29, 1.82) is 0 Å². The normalized spacial score (nSPS) is 18.4. The molecule has 3 nitrogen and oxygen atoms in total. The number of nitrogens with zero attached hydrogens (tertiary/aromatic N) is 1. The predicted octanol–water partition coefficient (Wildman–Crippen LogP) is 3.46. The summed E-state index contributed by atoms with van der Waals surface area (Å²) in [6, 6.07) is 0.149. The fourth-order valence-corrected chi connectivity index (χ4v) is 3.12. The van der Waals surface area contributed by atoms with Crippen LogP contribution in [-0.4, -0.2) is 10.9 Å². The average molecular weight is 266 g/mol. The van der Waals surface area contributed by atoms with E-state index in [1.165, 1.54) is 12.8 Å². The second-order valence-corrected chi connectivity index (χ2v) is 6.23. The molecule has 0 aromatic carbocycles. The van der Waals surface area contributed by atoms with Crippen molar-refractivity contribution in [3.8, 4) is 0 Å². The average Bonchev–Trinajstić information content (AvgIpc) is 3.08. The van der Waals surface area contributed by atoms with E-state index in [9.17, 15) is 4.79 Å². The summed E-state index contributed by atoms with van der Waals surface area (Å²) in [5, 5.41) is 6.34. The Morgan fingerprint density at radius 1 is 1.61 bits per heavy atom. The van der Waals surface area contributed by atoms with Crippen molar-refractivity contribution in [2.24, 2.45) is 11.8 Å². The van der Waals surface area contributed by atoms with Gasteiger partial charge in [0.25, 0.3) is 0 Å². The van der Waals surface area contributed by atoms with Crippen LogP contribution in [0.3, 0.4) is 0 Å². The largest absolute Gasteiger partial charge is 0.346 e. The van der Waals surface area contributed by atoms with E-state index in [1.807, 2.05) is 13.8 Å². The van der Waals surface area contributed by atoms with Gasteiger partial charge < -0.3 is 5.32 Å². The Hall–Kier alpha value is -0.900. The topological polar surface area (TPSA) is 42.0 Å². The zero-order valence-corrected chi connectivity index (χ0v) is 12.2. The van der Waals surface area contributed by atoms with Crippen LogP contribution in [0.25, 0.3) is 0 Å². The highest BCUT2D eigenvalue weighted by molar-refractivity contribution is 7.09. The van der Waals surface area contributed by atoms with Gasteiger partial charge in [-0.3, -0.25) is 4.79 Å². The van der Waals surface area contributed by atoms with Gasteiger partial charge in [-0.25, -0.2) is 4.98 Å². The van der Waals surface area contributed by atoms with Gasteiger partial charge in [0.2, 0.25) is 5.91 Å². The van der Waals surface area contributed by atoms with Gasteiger partial charge in [-0.15, -0.1) is 11.3 Å². The van der Waals surface area contributed by atoms with Crippen LogP contribution < -0.4 is 5.32 Å². The fourth-order valence-electron chi connectivity index (χ4n) is 2.19. The summed E-state index contributed by atoms with van der Waals surface area (Å²) in [6.45, 7) is 6.13. The number of carbonyl (C=O) groups excluding carboxylic acids is 1. The third-order valence-electron chi connectivity index (χ3n) is 3.46. The first kappa shape index (κ1) is 13.5. The molecule has 2 rings (SSSR count). The Bertz CT molecular complexity index is 412. The van der Waals surface area contributed by atoms with Crippen molar-refractivity contribution < 1.29 is 4.79 Å². The number of aromatic nitrogens is 1. The Kier molecular flexibility index (Phi) is 4.38. The molecule has 0 bridgehead atoms. The molecule has 1 saturated carbocycles. The number of amides is 1. The molecule has 1 N–H and O–H groups in total. The van der Waals surface area contributed by atoms with Crippen LogP contribution in [0.2, 0.25) is 0 Å². The maximum absolute atomic E-state index is 12.1. The Labute approximate surface area is 113 Å². The molecule has 1 fully saturated rings. The maximum Gasteiger partial charge on any atom is 0.223 e. The quantitative estimate of drug-likeness (QED) is 0.857. The van der Waals surface area contributed by atoms with Crippen LogP contribution in [0.5, 0.6) is 0 Å². The Morgan fingerprint density at radius 2 is 2.33 bits per heavy atom. The van der Waals surface area contributed by atoms with E-state index in [1.54, 1.807) is 11.3 Å². The summed E-state index contributed by atoms with van der Waals surface area (Å²) in [7, 11) is 0. The first-order chi connectivity index (χ1) is 8.61. The lowest BCUT2D eigenvalue weighted by Crippen LogP contribution is -2.34. The van der Waals surface area contributed by atoms with Crippen LogP contribution in [0.1, 0.15) is 56.3 Å². The lowest BCUT2D eigenvalue weighted by atomic mass is 10.0. The van der Waals surface area contributed by atoms with Gasteiger partial charge in [0.1, 0.15) is 5.01 Å². The van der Waals surface area contributed by atoms with E-state index in [-0.39, 0.29) is 17.9 Å². The minimum Gasteiger partial charge on any atom is -0.346 e. The molecule has 0 saturated heterocycles. The van der Waals surface area contributed by atoms with Gasteiger partial charge in [-0.1, -0.05) is 20.3 Å². The van der Waals surface area contributed by atoms with Crippen molar-refractivity contribution in [2.75, 3.05) is 0 Å². The predicted molar refractivity (Wildman–Crippen MR) is 74.5 cm³/mol. The molecule has 2 atom stereocenters. The molecule has 1 amide bonds. The molecule has 4 heteroatoms. The van der Waals surface area contributed by atoms with E-state index in [0.29, 0.717) is 5.92 Å². The maximum atomic E-state index is 12.1. The van der Waals surface area contributed by atoms with Crippen molar-refractivity contribution in [2.45, 2.75) is 52.5 Å². The second kappa shape index (κ2) is 5.83. The molecule has 0 radical (unpaired) electrons. The van der Waals surface area contributed by atoms with E-state index in [4.69, 9.17) is 0 Å². The van der Waals surface area contributed by atoms with Crippen molar-refractivity contribution in [3.05, 3.63) is 16.1 Å². The molecule has 100 valence electrons. The molecule has 1 aliphatic carbocycles. The minimum absolute atomic E-state index is 0.109. The molecule has 1 heterocycles. The Balaban J connectivity index is 2.01. The summed E-state index contributed by atoms with van der Waals surface area (Å²) < 4.78 is 0. The number of nitrogens with one attached hydrogen (secondary N) is 1. The van der Waals surface area contributed by atoms with Crippen LogP contribution in [0.15, 0.2) is 5.38 Å². The van der Waals surface area contributed by atoms with Gasteiger partial charge in [0.15, 0.2) is 0 Å². The van der Waals surface area contributed by atoms with Crippen molar-refractivity contribution >= 4 is 17.2 Å². The SMILES string of the molecule is CCCC(C)C(=O)NC(c1nc(C)cs1)C1CC1. The van der Waals surface area contributed by atoms with Crippen LogP contribution >= 0.6 is 11.3 Å². The molecule has 2 unspecified atom stereocenters. The highest BCUT2D eigenvalue weighted by atomic mass is 32.1. The van der Waals surface area contributed by atoms with Crippen molar-refractivity contribution in [1.82, 2.24) is 10.3 Å². The molecule has 18 heavy (non-hydrogen) atoms. The zero-order chi connectivity index (χ0) is 13.1. The van der Waals surface area contributed by atoms with Gasteiger partial charge in [0, 0.05) is 17.0 Å². The first-order valence-electron chi connectivity index (χ1n) is 6.84. The van der Waals surface area contributed by atoms with E-state index in [0.717, 1.165) is 23.5 Å². The molecule has 1 aliphatic rings. The van der Waals surface area contributed by atoms with Gasteiger partial charge >= 0.3 is 0 Å². The smallest absolute Gasteiger partial charge is 0.223 e. The Morgan fingerprint density at radius 3 is 2.83 bits per heavy atom. The van der Waals surface area contributed by atoms with Gasteiger partial charge in [-0.05, 0) is 32.1 Å². The number of thiazole rings is 1. The monoisotopic (exact) mass is 266 g/mol. The lowest BCUT2D eigenvalue weighted by molar-refractivity contribution is -0.125. The van der Waals surface area contributed by atoms with Gasteiger partial charge in [0.05, 0.1) is 6.04 Å². The number of hydrogen-bond acceptors (Lipinski definition) is 3. The summed E-state index contributed by atoms with van der Waals surface area (Å²) in [5.41, 5.74) is 1.05. The first-order valence-corrected chi connectivity index (χ1v) is 7.72. The van der Waals surface area contributed by atoms with Crippen LogP contribution in [0.4, 0.5) is 0 Å². The summed E-state index contributed by atoms with van der Waals surface area (Å²) in [5.74, 6) is 0.896. The van der Waals surface area contributed by atoms with Crippen molar-refractivity contribution in [3.63, 3.8) is 0 Å². The lowest BCUT2D eigenvalue weighted by Gasteiger charge is -2.18. The van der Waals surface area contributed by atoms with E-state index < -0.39 is 0 Å². The molecule has 1 aromatic heterocycles. The summed E-state index contributed by atoms with van der Waals surface area (Å²) >= 11 is 1.67. The zero-order valence-electron chi connectivity index (χ0n) is 11.4. The molecule has 1 aromatic rings. The van der Waals surface area contributed by atoms with Crippen LogP contribution in [-0.2, 0) is 4.79 Å². The highest BCUT2D eigenvalue weighted by Gasteiger charge is 2.35. The summed E-state index contributed by atoms with van der Waals surface area (Å²) in [4.78, 5) is 16.7. The minimum atomic E-state index is 0.109. The van der Waals surface area contributed by atoms with E-state index in [2.05, 4.69) is 22.6 Å². The standard InChI is InChI=1S/C14H22N2OS/c1-4-5-9(2)13(17)16-12(11-6-7-11)14-15-10(3)8-18-14/h8-9,11-12H,4-7H2,1-3H3,(H,16,17). The molecule has 0 spiro atoms.